The van der Waals surface area contributed by atoms with Gasteiger partial charge in [0.05, 0.1) is 17.0 Å². The van der Waals surface area contributed by atoms with Crippen molar-refractivity contribution >= 4 is 29.3 Å². The van der Waals surface area contributed by atoms with Crippen molar-refractivity contribution in [3.63, 3.8) is 0 Å². The third-order valence-corrected chi connectivity index (χ3v) is 4.32. The topological polar surface area (TPSA) is 65.4 Å². The quantitative estimate of drug-likeness (QED) is 0.671. The first-order valence-electron chi connectivity index (χ1n) is 8.46. The second-order valence-corrected chi connectivity index (χ2v) is 6.39. The molecule has 0 spiro atoms. The monoisotopic (exact) mass is 399 g/mol. The highest BCUT2D eigenvalue weighted by molar-refractivity contribution is 6.32. The number of carbonyl (C=O) groups is 1. The molecule has 4 rings (SSSR count). The summed E-state index contributed by atoms with van der Waals surface area (Å²) < 4.78 is 26.8. The second kappa shape index (κ2) is 7.74. The molecule has 0 saturated heterocycles. The van der Waals surface area contributed by atoms with Crippen LogP contribution >= 0.6 is 11.6 Å². The molecule has 1 amide bonds. The summed E-state index contributed by atoms with van der Waals surface area (Å²) in [7, 11) is 0. The summed E-state index contributed by atoms with van der Waals surface area (Å²) in [5.74, 6) is 0.165. The molecule has 28 heavy (non-hydrogen) atoms. The first kappa shape index (κ1) is 18.1. The molecule has 2 aromatic carbocycles. The Bertz CT molecular complexity index is 1050. The van der Waals surface area contributed by atoms with E-state index in [1.165, 1.54) is 18.5 Å². The van der Waals surface area contributed by atoms with Gasteiger partial charge in [0.1, 0.15) is 19.0 Å². The highest BCUT2D eigenvalue weighted by atomic mass is 35.5. The number of rotatable bonds is 4. The third-order valence-electron chi connectivity index (χ3n) is 4.04. The molecule has 1 aliphatic rings. The normalized spacial score (nSPS) is 12.9. The van der Waals surface area contributed by atoms with Crippen molar-refractivity contribution in [1.82, 2.24) is 9.55 Å². The maximum atomic E-state index is 14.3. The van der Waals surface area contributed by atoms with E-state index in [2.05, 4.69) is 10.3 Å². The van der Waals surface area contributed by atoms with Crippen molar-refractivity contribution in [2.45, 2.75) is 0 Å². The minimum atomic E-state index is -0.474. The van der Waals surface area contributed by atoms with Crippen LogP contribution in [-0.2, 0) is 4.79 Å². The van der Waals surface area contributed by atoms with Crippen LogP contribution in [0.15, 0.2) is 55.1 Å². The van der Waals surface area contributed by atoms with Crippen molar-refractivity contribution < 1.29 is 18.7 Å². The van der Waals surface area contributed by atoms with Gasteiger partial charge >= 0.3 is 0 Å². The van der Waals surface area contributed by atoms with E-state index in [9.17, 15) is 9.18 Å². The van der Waals surface area contributed by atoms with Crippen molar-refractivity contribution in [2.75, 3.05) is 18.5 Å². The van der Waals surface area contributed by atoms with Crippen molar-refractivity contribution in [3.8, 4) is 17.2 Å². The zero-order valence-corrected chi connectivity index (χ0v) is 15.3. The summed E-state index contributed by atoms with van der Waals surface area (Å²) >= 11 is 6.18. The molecule has 8 heteroatoms. The number of benzene rings is 2. The van der Waals surface area contributed by atoms with Crippen LogP contribution in [0.25, 0.3) is 11.8 Å². The van der Waals surface area contributed by atoms with Gasteiger partial charge in [-0.1, -0.05) is 11.6 Å². The zero-order chi connectivity index (χ0) is 19.5. The number of hydrogen-bond donors (Lipinski definition) is 1. The molecule has 0 atom stereocenters. The van der Waals surface area contributed by atoms with E-state index < -0.39 is 11.7 Å². The summed E-state index contributed by atoms with van der Waals surface area (Å²) in [6.45, 7) is 0.887. The minimum Gasteiger partial charge on any atom is -0.486 e. The highest BCUT2D eigenvalue weighted by Gasteiger charge is 2.16. The van der Waals surface area contributed by atoms with E-state index in [4.69, 9.17) is 21.1 Å². The lowest BCUT2D eigenvalue weighted by molar-refractivity contribution is -0.111. The summed E-state index contributed by atoms with van der Waals surface area (Å²) in [6.07, 6.45) is 7.62. The fourth-order valence-corrected chi connectivity index (χ4v) is 3.05. The molecular weight excluding hydrogens is 385 g/mol. The number of nitrogens with one attached hydrogen (secondary N) is 1. The van der Waals surface area contributed by atoms with Crippen LogP contribution < -0.4 is 14.8 Å². The highest BCUT2D eigenvalue weighted by Crippen LogP contribution is 2.38. The van der Waals surface area contributed by atoms with Crippen LogP contribution in [0.3, 0.4) is 0 Å². The summed E-state index contributed by atoms with van der Waals surface area (Å²) in [4.78, 5) is 16.0. The van der Waals surface area contributed by atoms with E-state index in [0.717, 1.165) is 0 Å². The van der Waals surface area contributed by atoms with E-state index in [1.54, 1.807) is 47.3 Å². The van der Waals surface area contributed by atoms with Gasteiger partial charge in [0.25, 0.3) is 0 Å². The van der Waals surface area contributed by atoms with E-state index in [1.807, 2.05) is 0 Å². The molecule has 1 aromatic heterocycles. The average molecular weight is 400 g/mol. The molecule has 1 aliphatic heterocycles. The first-order chi connectivity index (χ1) is 13.6. The molecule has 0 radical (unpaired) electrons. The Morgan fingerprint density at radius 1 is 1.25 bits per heavy atom. The van der Waals surface area contributed by atoms with Crippen molar-refractivity contribution in [1.29, 1.82) is 0 Å². The van der Waals surface area contributed by atoms with E-state index >= 15 is 0 Å². The molecule has 1 N–H and O–H groups in total. The Morgan fingerprint density at radius 3 is 2.89 bits per heavy atom. The Labute approximate surface area is 165 Å². The van der Waals surface area contributed by atoms with Crippen LogP contribution in [0, 0.1) is 5.82 Å². The Balaban J connectivity index is 1.46. The molecule has 0 aliphatic carbocycles. The van der Waals surface area contributed by atoms with Gasteiger partial charge in [0.2, 0.25) is 5.91 Å². The van der Waals surface area contributed by atoms with Gasteiger partial charge in [0.15, 0.2) is 11.5 Å². The van der Waals surface area contributed by atoms with Gasteiger partial charge in [-0.2, -0.15) is 0 Å². The SMILES string of the molecule is O=C(C=Cc1cc(Cl)c2c(c1)OCCO2)Nc1ccc(-n2ccnc2)c(F)c1. The number of aromatic nitrogens is 2. The summed E-state index contributed by atoms with van der Waals surface area (Å²) in [5, 5.41) is 3.03. The second-order valence-electron chi connectivity index (χ2n) is 5.99. The predicted molar refractivity (Wildman–Crippen MR) is 104 cm³/mol. The average Bonchev–Trinajstić information content (AvgIpc) is 3.21. The predicted octanol–water partition coefficient (Wildman–Crippen LogP) is 4.09. The van der Waals surface area contributed by atoms with Crippen LogP contribution in [0.2, 0.25) is 5.02 Å². The fraction of sp³-hybridized carbons (Fsp3) is 0.100. The number of anilines is 1. The Hall–Kier alpha value is -3.32. The van der Waals surface area contributed by atoms with Gasteiger partial charge in [-0.15, -0.1) is 0 Å². The van der Waals surface area contributed by atoms with Gasteiger partial charge in [-0.25, -0.2) is 9.37 Å². The largest absolute Gasteiger partial charge is 0.486 e. The molecule has 0 unspecified atom stereocenters. The van der Waals surface area contributed by atoms with E-state index in [0.29, 0.717) is 46.7 Å². The first-order valence-corrected chi connectivity index (χ1v) is 8.84. The number of imidazole rings is 1. The summed E-state index contributed by atoms with van der Waals surface area (Å²) in [6, 6.07) is 7.85. The van der Waals surface area contributed by atoms with E-state index in [-0.39, 0.29) is 0 Å². The molecular formula is C20H15ClFN3O3. The zero-order valence-electron chi connectivity index (χ0n) is 14.6. The third kappa shape index (κ3) is 3.84. The molecule has 0 bridgehead atoms. The smallest absolute Gasteiger partial charge is 0.248 e. The number of amides is 1. The van der Waals surface area contributed by atoms with Gasteiger partial charge in [0, 0.05) is 24.2 Å². The number of halogens is 2. The number of carbonyl (C=O) groups excluding carboxylic acids is 1. The molecule has 2 heterocycles. The van der Waals surface area contributed by atoms with Crippen LogP contribution in [0.4, 0.5) is 10.1 Å². The molecule has 142 valence electrons. The summed E-state index contributed by atoms with van der Waals surface area (Å²) in [5.41, 5.74) is 1.37. The van der Waals surface area contributed by atoms with Gasteiger partial charge < -0.3 is 19.4 Å². The minimum absolute atomic E-state index is 0.344. The number of fused-ring (bicyclic) bond motifs is 1. The fourth-order valence-electron chi connectivity index (χ4n) is 2.78. The van der Waals surface area contributed by atoms with Crippen LogP contribution in [-0.4, -0.2) is 28.7 Å². The Kier molecular flexibility index (Phi) is 4.99. The molecule has 6 nitrogen and oxygen atoms in total. The van der Waals surface area contributed by atoms with Crippen LogP contribution in [0.5, 0.6) is 11.5 Å². The molecule has 0 fully saturated rings. The standard InChI is InChI=1S/C20H15ClFN3O3/c21-15-9-13(10-18-20(15)28-8-7-27-18)1-4-19(26)24-14-2-3-17(16(22)11-14)25-6-5-23-12-25/h1-6,9-12H,7-8H2,(H,24,26). The van der Waals surface area contributed by atoms with Gasteiger partial charge in [-0.05, 0) is 42.0 Å². The maximum absolute atomic E-state index is 14.3. The maximum Gasteiger partial charge on any atom is 0.248 e. The lowest BCUT2D eigenvalue weighted by Crippen LogP contribution is -2.15. The van der Waals surface area contributed by atoms with Crippen LogP contribution in [0.1, 0.15) is 5.56 Å². The molecule has 0 saturated carbocycles. The number of hydrogen-bond acceptors (Lipinski definition) is 4. The lowest BCUT2D eigenvalue weighted by Gasteiger charge is -2.19. The number of nitrogens with zero attached hydrogens (tertiary/aromatic N) is 2. The lowest BCUT2D eigenvalue weighted by atomic mass is 10.1. The number of ether oxygens (including phenoxy) is 2. The molecule has 3 aromatic rings. The Morgan fingerprint density at radius 2 is 2.11 bits per heavy atom. The van der Waals surface area contributed by atoms with Crippen molar-refractivity contribution in [2.24, 2.45) is 0 Å². The van der Waals surface area contributed by atoms with Crippen molar-refractivity contribution in [3.05, 3.63) is 71.5 Å². The van der Waals surface area contributed by atoms with Gasteiger partial charge in [-0.3, -0.25) is 4.79 Å².